The molecule has 1 heteroatoms. The van der Waals surface area contributed by atoms with Crippen LogP contribution in [-0.4, -0.2) is 0 Å². The molecule has 0 radical (unpaired) electrons. The Hall–Kier alpha value is -1.08. The van der Waals surface area contributed by atoms with Gasteiger partial charge in [0.05, 0.1) is 0 Å². The topological polar surface area (TPSA) is 26.0 Å². The van der Waals surface area contributed by atoms with Gasteiger partial charge in [0.1, 0.15) is 0 Å². The van der Waals surface area contributed by atoms with Crippen LogP contribution in [0.1, 0.15) is 24.1 Å². The first-order valence-electron chi connectivity index (χ1n) is 3.72. The highest BCUT2D eigenvalue weighted by Crippen LogP contribution is 2.10. The molecule has 1 rings (SSSR count). The highest BCUT2D eigenvalue weighted by Gasteiger charge is 1.96. The smallest absolute Gasteiger partial charge is 0.0266 e. The Morgan fingerprint density at radius 3 is 2.27 bits per heavy atom. The summed E-state index contributed by atoms with van der Waals surface area (Å²) in [5.74, 6) is 0. The van der Waals surface area contributed by atoms with Gasteiger partial charge in [0.15, 0.2) is 0 Å². The minimum absolute atomic E-state index is 0.119. The Labute approximate surface area is 67.5 Å². The standard InChI is InChI=1S/C10H13N/c1-3-9-4-6-10(7-5-9)8(2)11/h3-8H,1,11H2,2H3. The Morgan fingerprint density at radius 1 is 1.36 bits per heavy atom. The first-order valence-corrected chi connectivity index (χ1v) is 3.72. The lowest BCUT2D eigenvalue weighted by Gasteiger charge is -2.04. The minimum Gasteiger partial charge on any atom is -0.324 e. The largest absolute Gasteiger partial charge is 0.324 e. The van der Waals surface area contributed by atoms with Gasteiger partial charge in [-0.3, -0.25) is 0 Å². The monoisotopic (exact) mass is 147 g/mol. The molecule has 0 aromatic heterocycles. The van der Waals surface area contributed by atoms with Crippen LogP contribution in [0.2, 0.25) is 0 Å². The van der Waals surface area contributed by atoms with Crippen LogP contribution in [0.15, 0.2) is 30.8 Å². The van der Waals surface area contributed by atoms with Gasteiger partial charge >= 0.3 is 0 Å². The molecule has 0 spiro atoms. The quantitative estimate of drug-likeness (QED) is 0.682. The Balaban J connectivity index is 2.91. The molecule has 1 aromatic carbocycles. The SMILES string of the molecule is C=Cc1ccc(C(C)N)cc1. The molecule has 0 fully saturated rings. The van der Waals surface area contributed by atoms with Crippen LogP contribution in [0, 0.1) is 0 Å². The average Bonchev–Trinajstić information content (AvgIpc) is 2.05. The van der Waals surface area contributed by atoms with Gasteiger partial charge in [-0.25, -0.2) is 0 Å². The fraction of sp³-hybridized carbons (Fsp3) is 0.200. The van der Waals surface area contributed by atoms with Crippen LogP contribution < -0.4 is 5.73 Å². The molecular weight excluding hydrogens is 134 g/mol. The van der Waals surface area contributed by atoms with Crippen molar-refractivity contribution in [3.8, 4) is 0 Å². The summed E-state index contributed by atoms with van der Waals surface area (Å²) in [6.45, 7) is 5.65. The normalized spacial score (nSPS) is 12.5. The van der Waals surface area contributed by atoms with Gasteiger partial charge in [-0.15, -0.1) is 0 Å². The Bertz CT molecular complexity index is 234. The molecule has 1 atom stereocenters. The van der Waals surface area contributed by atoms with E-state index in [4.69, 9.17) is 5.73 Å². The van der Waals surface area contributed by atoms with E-state index in [2.05, 4.69) is 6.58 Å². The zero-order chi connectivity index (χ0) is 8.27. The first kappa shape index (κ1) is 8.02. The second kappa shape index (κ2) is 3.35. The molecule has 1 aromatic rings. The maximum Gasteiger partial charge on any atom is 0.0266 e. The van der Waals surface area contributed by atoms with E-state index in [-0.39, 0.29) is 6.04 Å². The lowest BCUT2D eigenvalue weighted by molar-refractivity contribution is 0.818. The average molecular weight is 147 g/mol. The lowest BCUT2D eigenvalue weighted by Crippen LogP contribution is -2.04. The third-order valence-electron chi connectivity index (χ3n) is 1.70. The summed E-state index contributed by atoms with van der Waals surface area (Å²) in [4.78, 5) is 0. The van der Waals surface area contributed by atoms with Crippen molar-refractivity contribution in [2.24, 2.45) is 5.73 Å². The second-order valence-electron chi connectivity index (χ2n) is 2.66. The molecule has 0 saturated heterocycles. The van der Waals surface area contributed by atoms with Gasteiger partial charge in [0, 0.05) is 6.04 Å². The first-order chi connectivity index (χ1) is 5.24. The van der Waals surface area contributed by atoms with Crippen molar-refractivity contribution >= 4 is 6.08 Å². The van der Waals surface area contributed by atoms with Crippen molar-refractivity contribution in [3.05, 3.63) is 42.0 Å². The molecule has 0 heterocycles. The van der Waals surface area contributed by atoms with Gasteiger partial charge in [-0.05, 0) is 18.1 Å². The molecule has 1 nitrogen and oxygen atoms in total. The summed E-state index contributed by atoms with van der Waals surface area (Å²) < 4.78 is 0. The zero-order valence-corrected chi connectivity index (χ0v) is 6.75. The predicted octanol–water partition coefficient (Wildman–Crippen LogP) is 2.35. The van der Waals surface area contributed by atoms with E-state index in [1.165, 1.54) is 0 Å². The van der Waals surface area contributed by atoms with E-state index >= 15 is 0 Å². The summed E-state index contributed by atoms with van der Waals surface area (Å²) in [5.41, 5.74) is 7.98. The molecule has 0 aliphatic rings. The van der Waals surface area contributed by atoms with Crippen molar-refractivity contribution in [1.29, 1.82) is 0 Å². The summed E-state index contributed by atoms with van der Waals surface area (Å²) >= 11 is 0. The van der Waals surface area contributed by atoms with Crippen LogP contribution >= 0.6 is 0 Å². The molecular formula is C10H13N. The van der Waals surface area contributed by atoms with Crippen molar-refractivity contribution in [2.45, 2.75) is 13.0 Å². The van der Waals surface area contributed by atoms with Gasteiger partial charge < -0.3 is 5.73 Å². The predicted molar refractivity (Wildman–Crippen MR) is 49.1 cm³/mol. The zero-order valence-electron chi connectivity index (χ0n) is 6.75. The number of nitrogens with two attached hydrogens (primary N) is 1. The number of benzene rings is 1. The van der Waals surface area contributed by atoms with Gasteiger partial charge in [0.2, 0.25) is 0 Å². The number of hydrogen-bond donors (Lipinski definition) is 1. The molecule has 0 aliphatic heterocycles. The van der Waals surface area contributed by atoms with Crippen molar-refractivity contribution in [3.63, 3.8) is 0 Å². The fourth-order valence-electron chi connectivity index (χ4n) is 0.936. The Morgan fingerprint density at radius 2 is 1.91 bits per heavy atom. The van der Waals surface area contributed by atoms with E-state index in [0.29, 0.717) is 0 Å². The molecule has 2 N–H and O–H groups in total. The number of rotatable bonds is 2. The molecule has 0 saturated carbocycles. The Kier molecular flexibility index (Phi) is 2.44. The van der Waals surface area contributed by atoms with Gasteiger partial charge in [0.25, 0.3) is 0 Å². The highest BCUT2D eigenvalue weighted by atomic mass is 14.6. The van der Waals surface area contributed by atoms with Crippen LogP contribution in [0.3, 0.4) is 0 Å². The molecule has 0 amide bonds. The summed E-state index contributed by atoms with van der Waals surface area (Å²) in [5, 5.41) is 0. The molecule has 0 aliphatic carbocycles. The maximum atomic E-state index is 5.68. The van der Waals surface area contributed by atoms with E-state index in [1.807, 2.05) is 37.3 Å². The molecule has 0 bridgehead atoms. The second-order valence-corrected chi connectivity index (χ2v) is 2.66. The van der Waals surface area contributed by atoms with Crippen LogP contribution in [0.25, 0.3) is 6.08 Å². The third kappa shape index (κ3) is 1.92. The number of hydrogen-bond acceptors (Lipinski definition) is 1. The van der Waals surface area contributed by atoms with Crippen LogP contribution in [0.5, 0.6) is 0 Å². The van der Waals surface area contributed by atoms with E-state index in [0.717, 1.165) is 11.1 Å². The van der Waals surface area contributed by atoms with Crippen molar-refractivity contribution in [2.75, 3.05) is 0 Å². The van der Waals surface area contributed by atoms with Crippen LogP contribution in [0.4, 0.5) is 0 Å². The van der Waals surface area contributed by atoms with Gasteiger partial charge in [-0.2, -0.15) is 0 Å². The summed E-state index contributed by atoms with van der Waals surface area (Å²) in [6.07, 6.45) is 1.82. The molecule has 1 unspecified atom stereocenters. The van der Waals surface area contributed by atoms with E-state index < -0.39 is 0 Å². The highest BCUT2D eigenvalue weighted by molar-refractivity contribution is 5.47. The molecule has 58 valence electrons. The van der Waals surface area contributed by atoms with E-state index in [9.17, 15) is 0 Å². The van der Waals surface area contributed by atoms with Crippen molar-refractivity contribution in [1.82, 2.24) is 0 Å². The van der Waals surface area contributed by atoms with Crippen LogP contribution in [-0.2, 0) is 0 Å². The minimum atomic E-state index is 0.119. The van der Waals surface area contributed by atoms with Crippen molar-refractivity contribution < 1.29 is 0 Å². The molecule has 11 heavy (non-hydrogen) atoms. The maximum absolute atomic E-state index is 5.68. The summed E-state index contributed by atoms with van der Waals surface area (Å²) in [6, 6.07) is 8.22. The fourth-order valence-corrected chi connectivity index (χ4v) is 0.936. The third-order valence-corrected chi connectivity index (χ3v) is 1.70. The lowest BCUT2D eigenvalue weighted by atomic mass is 10.1. The van der Waals surface area contributed by atoms with Gasteiger partial charge in [-0.1, -0.05) is 36.9 Å². The summed E-state index contributed by atoms with van der Waals surface area (Å²) in [7, 11) is 0. The van der Waals surface area contributed by atoms with E-state index in [1.54, 1.807) is 0 Å².